The number of halogens is 2. The van der Waals surface area contributed by atoms with Crippen molar-refractivity contribution >= 4 is 63.2 Å². The third kappa shape index (κ3) is 5.50. The molecule has 1 heterocycles. The van der Waals surface area contributed by atoms with E-state index in [4.69, 9.17) is 40.2 Å². The molecule has 0 saturated carbocycles. The van der Waals surface area contributed by atoms with Crippen LogP contribution < -0.4 is 15.4 Å². The molecule has 0 spiro atoms. The monoisotopic (exact) mass is 512 g/mol. The molecule has 6 nitrogen and oxygen atoms in total. The molecular weight excluding hydrogens is 491 g/mol. The van der Waals surface area contributed by atoms with Gasteiger partial charge in [0.25, 0.3) is 5.91 Å². The molecule has 1 amide bonds. The molecule has 0 aliphatic rings. The number of carbonyl (C=O) groups is 1. The number of nitrogens with zero attached hydrogens (tertiary/aromatic N) is 1. The maximum Gasteiger partial charge on any atom is 0.269 e. The summed E-state index contributed by atoms with van der Waals surface area (Å²) in [4.78, 5) is 20.7. The zero-order chi connectivity index (χ0) is 24.5. The number of aromatic nitrogens is 2. The van der Waals surface area contributed by atoms with Crippen molar-refractivity contribution in [1.82, 2.24) is 15.3 Å². The number of thiocarbonyl (C=S) groups is 1. The summed E-state index contributed by atoms with van der Waals surface area (Å²) in [6.45, 7) is 5.27. The molecule has 0 bridgehead atoms. The predicted molar refractivity (Wildman–Crippen MR) is 142 cm³/mol. The first-order valence-electron chi connectivity index (χ1n) is 10.4. The third-order valence-corrected chi connectivity index (χ3v) is 5.98. The van der Waals surface area contributed by atoms with Gasteiger partial charge < -0.3 is 15.0 Å². The van der Waals surface area contributed by atoms with Gasteiger partial charge in [-0.25, -0.2) is 4.98 Å². The first kappa shape index (κ1) is 24.0. The molecule has 3 aromatic carbocycles. The molecule has 4 aromatic rings. The number of fused-ring (bicyclic) bond motifs is 1. The number of rotatable bonds is 5. The maximum atomic E-state index is 12.8. The van der Waals surface area contributed by atoms with Crippen molar-refractivity contribution in [3.05, 3.63) is 76.3 Å². The fourth-order valence-corrected chi connectivity index (χ4v) is 3.77. The first-order chi connectivity index (χ1) is 16.1. The number of nitrogens with one attached hydrogen (secondary N) is 3. The first-order valence-corrected chi connectivity index (χ1v) is 11.6. The van der Waals surface area contributed by atoms with Crippen molar-refractivity contribution in [1.29, 1.82) is 0 Å². The van der Waals surface area contributed by atoms with Crippen molar-refractivity contribution < 1.29 is 9.53 Å². The largest absolute Gasteiger partial charge is 0.478 e. The minimum atomic E-state index is -1.16. The van der Waals surface area contributed by atoms with Crippen LogP contribution in [-0.4, -0.2) is 26.6 Å². The topological polar surface area (TPSA) is 79.0 Å². The quantitative estimate of drug-likeness (QED) is 0.265. The standard InChI is InChI=1S/C25H22Cl2N4O2S/c1-14-11-20-21(13-19(14)27)30-22(29-20)15-5-4-6-17(12-15)28-24(34)31-23(32)25(2,3)33-18-9-7-16(26)8-10-18/h4-13H,1-3H3,(H,29,30)(H2,28,31,32,34). The maximum absolute atomic E-state index is 12.8. The van der Waals surface area contributed by atoms with Gasteiger partial charge in [0.05, 0.1) is 11.0 Å². The molecule has 9 heteroatoms. The molecule has 0 aliphatic heterocycles. The van der Waals surface area contributed by atoms with Gasteiger partial charge in [0.15, 0.2) is 10.7 Å². The summed E-state index contributed by atoms with van der Waals surface area (Å²) < 4.78 is 5.81. The van der Waals surface area contributed by atoms with Gasteiger partial charge in [0.2, 0.25) is 0 Å². The predicted octanol–water partition coefficient (Wildman–Crippen LogP) is 6.52. The number of anilines is 1. The molecule has 0 radical (unpaired) electrons. The van der Waals surface area contributed by atoms with E-state index in [1.54, 1.807) is 38.1 Å². The highest BCUT2D eigenvalue weighted by Gasteiger charge is 2.30. The lowest BCUT2D eigenvalue weighted by molar-refractivity contribution is -0.132. The van der Waals surface area contributed by atoms with E-state index in [0.29, 0.717) is 27.3 Å². The molecule has 3 N–H and O–H groups in total. The number of ether oxygens (including phenoxy) is 1. The molecule has 34 heavy (non-hydrogen) atoms. The number of aryl methyl sites for hydroxylation is 1. The zero-order valence-corrected chi connectivity index (χ0v) is 21.0. The fraction of sp³-hybridized carbons (Fsp3) is 0.160. The minimum absolute atomic E-state index is 0.155. The summed E-state index contributed by atoms with van der Waals surface area (Å²) in [5.41, 5.74) is 3.07. The van der Waals surface area contributed by atoms with Crippen molar-refractivity contribution in [3.63, 3.8) is 0 Å². The van der Waals surface area contributed by atoms with E-state index < -0.39 is 5.60 Å². The number of hydrogen-bond donors (Lipinski definition) is 3. The normalized spacial score (nSPS) is 11.3. The van der Waals surface area contributed by atoms with Crippen LogP contribution >= 0.6 is 35.4 Å². The smallest absolute Gasteiger partial charge is 0.269 e. The van der Waals surface area contributed by atoms with Gasteiger partial charge in [0.1, 0.15) is 11.6 Å². The van der Waals surface area contributed by atoms with Crippen LogP contribution in [0, 0.1) is 6.92 Å². The van der Waals surface area contributed by atoms with Crippen LogP contribution in [-0.2, 0) is 4.79 Å². The molecule has 0 atom stereocenters. The average Bonchev–Trinajstić information content (AvgIpc) is 3.18. The van der Waals surface area contributed by atoms with Crippen molar-refractivity contribution in [3.8, 4) is 17.1 Å². The number of carbonyl (C=O) groups excluding carboxylic acids is 1. The highest BCUT2D eigenvalue weighted by atomic mass is 35.5. The number of amides is 1. The zero-order valence-electron chi connectivity index (χ0n) is 18.7. The Bertz CT molecular complexity index is 1340. The highest BCUT2D eigenvalue weighted by Crippen LogP contribution is 2.27. The van der Waals surface area contributed by atoms with Gasteiger partial charge in [-0.3, -0.25) is 10.1 Å². The lowest BCUT2D eigenvalue weighted by Crippen LogP contribution is -2.49. The van der Waals surface area contributed by atoms with E-state index in [1.807, 2.05) is 43.3 Å². The van der Waals surface area contributed by atoms with Gasteiger partial charge >= 0.3 is 0 Å². The second kappa shape index (κ2) is 9.62. The Hall–Kier alpha value is -3.13. The number of imidazole rings is 1. The number of H-pyrrole nitrogens is 1. The summed E-state index contributed by atoms with van der Waals surface area (Å²) in [7, 11) is 0. The molecule has 0 saturated heterocycles. The van der Waals surface area contributed by atoms with Crippen molar-refractivity contribution in [2.75, 3.05) is 5.32 Å². The van der Waals surface area contributed by atoms with Crippen LogP contribution in [0.1, 0.15) is 19.4 Å². The summed E-state index contributed by atoms with van der Waals surface area (Å²) >= 11 is 17.5. The molecule has 1 aromatic heterocycles. The summed E-state index contributed by atoms with van der Waals surface area (Å²) in [6.07, 6.45) is 0. The average molecular weight is 513 g/mol. The van der Waals surface area contributed by atoms with E-state index in [1.165, 1.54) is 0 Å². The SMILES string of the molecule is Cc1cc2[nH]c(-c3cccc(NC(=S)NC(=O)C(C)(C)Oc4ccc(Cl)cc4)c3)nc2cc1Cl. The Labute approximate surface area is 212 Å². The van der Waals surface area contributed by atoms with Gasteiger partial charge in [-0.1, -0.05) is 35.3 Å². The summed E-state index contributed by atoms with van der Waals surface area (Å²) in [6, 6.07) is 18.1. The van der Waals surface area contributed by atoms with Gasteiger partial charge in [-0.2, -0.15) is 0 Å². The Morgan fingerprint density at radius 1 is 1.09 bits per heavy atom. The fourth-order valence-electron chi connectivity index (χ4n) is 3.28. The minimum Gasteiger partial charge on any atom is -0.478 e. The van der Waals surface area contributed by atoms with E-state index >= 15 is 0 Å². The Morgan fingerprint density at radius 3 is 2.56 bits per heavy atom. The molecular formula is C25H22Cl2N4O2S. The lowest BCUT2D eigenvalue weighted by Gasteiger charge is -2.25. The van der Waals surface area contributed by atoms with E-state index in [0.717, 1.165) is 22.2 Å². The molecule has 4 rings (SSSR count). The van der Waals surface area contributed by atoms with Crippen LogP contribution in [0.5, 0.6) is 5.75 Å². The van der Waals surface area contributed by atoms with Gasteiger partial charge in [0, 0.05) is 21.3 Å². The van der Waals surface area contributed by atoms with Crippen LogP contribution in [0.3, 0.4) is 0 Å². The number of hydrogen-bond acceptors (Lipinski definition) is 4. The molecule has 0 aliphatic carbocycles. The summed E-state index contributed by atoms with van der Waals surface area (Å²) in [5, 5.41) is 7.14. The Kier molecular flexibility index (Phi) is 6.79. The van der Waals surface area contributed by atoms with Gasteiger partial charge in [-0.15, -0.1) is 0 Å². The van der Waals surface area contributed by atoms with Gasteiger partial charge in [-0.05, 0) is 87.1 Å². The Morgan fingerprint density at radius 2 is 1.82 bits per heavy atom. The highest BCUT2D eigenvalue weighted by molar-refractivity contribution is 7.80. The second-order valence-electron chi connectivity index (χ2n) is 8.26. The van der Waals surface area contributed by atoms with Crippen molar-refractivity contribution in [2.24, 2.45) is 0 Å². The van der Waals surface area contributed by atoms with Crippen LogP contribution in [0.25, 0.3) is 22.4 Å². The molecule has 174 valence electrons. The number of benzene rings is 3. The summed E-state index contributed by atoms with van der Waals surface area (Å²) in [5.74, 6) is 0.840. The molecule has 0 unspecified atom stereocenters. The molecule has 0 fully saturated rings. The second-order valence-corrected chi connectivity index (χ2v) is 9.51. The number of aromatic amines is 1. The van der Waals surface area contributed by atoms with Crippen molar-refractivity contribution in [2.45, 2.75) is 26.4 Å². The van der Waals surface area contributed by atoms with E-state index in [9.17, 15) is 4.79 Å². The lowest BCUT2D eigenvalue weighted by atomic mass is 10.1. The van der Waals surface area contributed by atoms with Crippen LogP contribution in [0.15, 0.2) is 60.7 Å². The van der Waals surface area contributed by atoms with Crippen LogP contribution in [0.4, 0.5) is 5.69 Å². The Balaban J connectivity index is 1.44. The third-order valence-electron chi connectivity index (χ3n) is 5.12. The van der Waals surface area contributed by atoms with E-state index in [2.05, 4.69) is 20.6 Å². The van der Waals surface area contributed by atoms with E-state index in [-0.39, 0.29) is 11.0 Å². The van der Waals surface area contributed by atoms with Crippen LogP contribution in [0.2, 0.25) is 10.0 Å².